The molecule has 1 aromatic carbocycles. The van der Waals surface area contributed by atoms with Gasteiger partial charge in [0.05, 0.1) is 54.1 Å². The number of carbonyl (C=O) groups is 4. The lowest BCUT2D eigenvalue weighted by atomic mass is 9.85. The monoisotopic (exact) mass is 805 g/mol. The number of methoxy groups -OCH3 is 1. The standard InChI is InChI=1S/C44H59N3O9S/c1-7-33-38-31(32-22-30(54-6)15-16-34(32)45-33)17-18-43(56-38)24-35-36(48)25-44(40(51)46-57(52,53)42(5)19-20-42)23-29(44)14-12-10-8-9-11-13-28(39(50)47(35)26-43)21-37(49)55-27-41(2,3)4/h12,14-16,22,28-29,35H,7-11,13,17-21,23-27H2,1-6H3,(H,46,51)/b14-12-/t28-,29-,35+,43-,44-/m1/s1. The summed E-state index contributed by atoms with van der Waals surface area (Å²) in [6.45, 7) is 9.92. The molecular formula is C44H59N3O9S. The van der Waals surface area contributed by atoms with Gasteiger partial charge in [0.15, 0.2) is 5.78 Å². The second-order valence-electron chi connectivity index (χ2n) is 18.8. The van der Waals surface area contributed by atoms with E-state index in [9.17, 15) is 27.6 Å². The van der Waals surface area contributed by atoms with Crippen LogP contribution >= 0.6 is 0 Å². The van der Waals surface area contributed by atoms with Gasteiger partial charge in [-0.25, -0.2) is 13.4 Å². The summed E-state index contributed by atoms with van der Waals surface area (Å²) in [4.78, 5) is 63.7. The van der Waals surface area contributed by atoms with Gasteiger partial charge in [0.25, 0.3) is 0 Å². The number of nitrogens with one attached hydrogen (secondary N) is 1. The van der Waals surface area contributed by atoms with E-state index in [2.05, 4.69) is 4.72 Å². The van der Waals surface area contributed by atoms with E-state index in [1.165, 1.54) is 0 Å². The average molecular weight is 806 g/mol. The molecule has 13 heteroatoms. The van der Waals surface area contributed by atoms with E-state index in [4.69, 9.17) is 19.2 Å². The highest BCUT2D eigenvalue weighted by Gasteiger charge is 2.63. The molecule has 7 rings (SSSR count). The van der Waals surface area contributed by atoms with Gasteiger partial charge in [-0.05, 0) is 94.2 Å². The highest BCUT2D eigenvalue weighted by Crippen LogP contribution is 2.58. The predicted molar refractivity (Wildman–Crippen MR) is 215 cm³/mol. The van der Waals surface area contributed by atoms with Crippen LogP contribution in [0.3, 0.4) is 0 Å². The van der Waals surface area contributed by atoms with Crippen LogP contribution in [0.4, 0.5) is 0 Å². The Hall–Kier alpha value is -4.00. The van der Waals surface area contributed by atoms with Crippen molar-refractivity contribution in [3.05, 3.63) is 41.6 Å². The van der Waals surface area contributed by atoms with Crippen LogP contribution in [0.1, 0.15) is 123 Å². The van der Waals surface area contributed by atoms with Crippen LogP contribution in [0, 0.1) is 22.7 Å². The fraction of sp³-hybridized carbons (Fsp3) is 0.659. The minimum Gasteiger partial charge on any atom is -0.497 e. The SMILES string of the molecule is CCc1nc2ccc(OC)cc2c2c1O[C@]1(CC2)C[C@H]2C(=O)C[C@]3(C(=O)NS(=O)(=O)C4(C)CC4)C[C@H]3/C=C\CCCCC[C@H](CC(=O)OCC(C)(C)C)C(=O)N2C1. The molecule has 57 heavy (non-hydrogen) atoms. The van der Waals surface area contributed by atoms with Gasteiger partial charge in [-0.15, -0.1) is 0 Å². The maximum Gasteiger partial charge on any atom is 0.306 e. The molecule has 0 radical (unpaired) electrons. The summed E-state index contributed by atoms with van der Waals surface area (Å²) >= 11 is 0. The number of aryl methyl sites for hydroxylation is 2. The highest BCUT2D eigenvalue weighted by molar-refractivity contribution is 7.91. The van der Waals surface area contributed by atoms with Crippen LogP contribution in [0.15, 0.2) is 30.4 Å². The average Bonchev–Trinajstić information content (AvgIpc) is 4.06. The summed E-state index contributed by atoms with van der Waals surface area (Å²) < 4.78 is 46.1. The number of Topliss-reactive ketones (excluding diaryl/α,β-unsaturated/α-hetero) is 1. The van der Waals surface area contributed by atoms with E-state index in [0.717, 1.165) is 41.4 Å². The molecule has 2 saturated carbocycles. The van der Waals surface area contributed by atoms with Crippen molar-refractivity contribution in [1.29, 1.82) is 0 Å². The van der Waals surface area contributed by atoms with Crippen molar-refractivity contribution in [3.63, 3.8) is 0 Å². The van der Waals surface area contributed by atoms with Crippen LogP contribution in [0.25, 0.3) is 10.9 Å². The molecule has 2 amide bonds. The molecule has 2 aliphatic carbocycles. The lowest BCUT2D eigenvalue weighted by Gasteiger charge is -2.37. The zero-order valence-corrected chi connectivity index (χ0v) is 35.2. The summed E-state index contributed by atoms with van der Waals surface area (Å²) in [7, 11) is -2.32. The van der Waals surface area contributed by atoms with Gasteiger partial charge in [-0.1, -0.05) is 52.7 Å². The van der Waals surface area contributed by atoms with Crippen molar-refractivity contribution in [2.45, 2.75) is 141 Å². The lowest BCUT2D eigenvalue weighted by Crippen LogP contribution is -2.48. The first kappa shape index (κ1) is 41.2. The van der Waals surface area contributed by atoms with E-state index in [-0.39, 0.29) is 55.4 Å². The number of sulfonamides is 1. The number of allylic oxidation sites excluding steroid dienone is 2. The minimum atomic E-state index is -3.94. The smallest absolute Gasteiger partial charge is 0.306 e. The summed E-state index contributed by atoms with van der Waals surface area (Å²) in [5, 5.41) is 0.932. The van der Waals surface area contributed by atoms with Crippen LogP contribution < -0.4 is 14.2 Å². The third-order valence-corrected chi connectivity index (χ3v) is 15.1. The Morgan fingerprint density at radius 3 is 2.56 bits per heavy atom. The van der Waals surface area contributed by atoms with Gasteiger partial charge in [-0.2, -0.15) is 0 Å². The number of amides is 2. The Balaban J connectivity index is 1.24. The number of esters is 1. The van der Waals surface area contributed by atoms with Crippen molar-refractivity contribution in [2.24, 2.45) is 22.7 Å². The fourth-order valence-electron chi connectivity index (χ4n) is 8.97. The number of ketones is 1. The number of nitrogens with zero attached hydrogens (tertiary/aromatic N) is 2. The van der Waals surface area contributed by atoms with Gasteiger partial charge >= 0.3 is 5.97 Å². The normalized spacial score (nSPS) is 29.2. The number of fused-ring (bicyclic) bond motifs is 5. The van der Waals surface area contributed by atoms with E-state index in [0.29, 0.717) is 62.9 Å². The molecule has 1 aromatic heterocycles. The summed E-state index contributed by atoms with van der Waals surface area (Å²) in [6.07, 6.45) is 10.5. The van der Waals surface area contributed by atoms with Crippen LogP contribution in [-0.4, -0.2) is 78.5 Å². The molecule has 310 valence electrons. The molecule has 4 heterocycles. The predicted octanol–water partition coefficient (Wildman–Crippen LogP) is 6.55. The summed E-state index contributed by atoms with van der Waals surface area (Å²) in [5.74, 6) is -1.36. The zero-order valence-electron chi connectivity index (χ0n) is 34.4. The molecule has 2 aromatic rings. The van der Waals surface area contributed by atoms with Crippen LogP contribution in [0.2, 0.25) is 0 Å². The van der Waals surface area contributed by atoms with E-state index >= 15 is 0 Å². The van der Waals surface area contributed by atoms with Gasteiger partial charge in [0.2, 0.25) is 21.8 Å². The molecule has 5 aliphatic rings. The summed E-state index contributed by atoms with van der Waals surface area (Å²) in [6, 6.07) is 4.85. The maximum atomic E-state index is 14.9. The molecule has 3 fully saturated rings. The third-order valence-electron chi connectivity index (χ3n) is 13.0. The Labute approximate surface area is 336 Å². The zero-order chi connectivity index (χ0) is 41.0. The lowest BCUT2D eigenvalue weighted by molar-refractivity contribution is -0.152. The summed E-state index contributed by atoms with van der Waals surface area (Å²) in [5.41, 5.74) is 0.222. The van der Waals surface area contributed by atoms with E-state index in [1.807, 2.05) is 58.0 Å². The van der Waals surface area contributed by atoms with Crippen molar-refractivity contribution < 1.29 is 41.8 Å². The van der Waals surface area contributed by atoms with Gasteiger partial charge in [-0.3, -0.25) is 23.9 Å². The topological polar surface area (TPSA) is 158 Å². The Bertz CT molecular complexity index is 2090. The van der Waals surface area contributed by atoms with Gasteiger partial charge in [0, 0.05) is 29.7 Å². The molecule has 1 saturated heterocycles. The van der Waals surface area contributed by atoms with Crippen LogP contribution in [0.5, 0.6) is 11.5 Å². The third kappa shape index (κ3) is 8.32. The maximum absolute atomic E-state index is 14.9. The van der Waals surface area contributed by atoms with Crippen molar-refractivity contribution in [3.8, 4) is 11.5 Å². The highest BCUT2D eigenvalue weighted by atomic mass is 32.2. The molecular weight excluding hydrogens is 747 g/mol. The molecule has 12 nitrogen and oxygen atoms in total. The number of rotatable bonds is 8. The number of pyridine rings is 1. The van der Waals surface area contributed by atoms with E-state index < -0.39 is 49.6 Å². The molecule has 0 unspecified atom stereocenters. The first-order valence-electron chi connectivity index (χ1n) is 20.8. The van der Waals surface area contributed by atoms with Gasteiger partial charge < -0.3 is 19.1 Å². The quantitative estimate of drug-likeness (QED) is 0.229. The second kappa shape index (κ2) is 15.3. The van der Waals surface area contributed by atoms with Crippen LogP contribution in [-0.2, 0) is 46.8 Å². The molecule has 5 atom stereocenters. The fourth-order valence-corrected chi connectivity index (χ4v) is 10.3. The second-order valence-corrected chi connectivity index (χ2v) is 21.0. The molecule has 3 aliphatic heterocycles. The minimum absolute atomic E-state index is 0.105. The molecule has 1 spiro atoms. The molecule has 0 bridgehead atoms. The Morgan fingerprint density at radius 1 is 1.09 bits per heavy atom. The number of ether oxygens (including phenoxy) is 3. The number of hydrogen-bond acceptors (Lipinski definition) is 10. The first-order valence-corrected chi connectivity index (χ1v) is 22.3. The largest absolute Gasteiger partial charge is 0.497 e. The Morgan fingerprint density at radius 2 is 1.86 bits per heavy atom. The van der Waals surface area contributed by atoms with Crippen molar-refractivity contribution in [2.75, 3.05) is 20.3 Å². The van der Waals surface area contributed by atoms with Crippen molar-refractivity contribution in [1.82, 2.24) is 14.6 Å². The number of benzene rings is 1. The Kier molecular flexibility index (Phi) is 11.1. The number of carbonyl (C=O) groups excluding carboxylic acids is 4. The first-order chi connectivity index (χ1) is 26.9. The molecule has 1 N–H and O–H groups in total. The van der Waals surface area contributed by atoms with E-state index in [1.54, 1.807) is 18.9 Å². The number of aromatic nitrogens is 1. The number of hydrogen-bond donors (Lipinski definition) is 1. The van der Waals surface area contributed by atoms with Crippen molar-refractivity contribution >= 4 is 44.5 Å². The van der Waals surface area contributed by atoms with Gasteiger partial charge in [0.1, 0.15) is 17.1 Å².